The van der Waals surface area contributed by atoms with Gasteiger partial charge in [0.25, 0.3) is 11.5 Å². The van der Waals surface area contributed by atoms with Crippen LogP contribution in [-0.2, 0) is 23.6 Å². The Morgan fingerprint density at radius 3 is 2.68 bits per heavy atom. The molecule has 0 saturated carbocycles. The molecule has 1 N–H and O–H groups in total. The smallest absolute Gasteiger partial charge is 0.341 e. The number of carbonyl (C=O) groups excluding carboxylic acids is 2. The summed E-state index contributed by atoms with van der Waals surface area (Å²) in [6.45, 7) is -0.565. The highest BCUT2D eigenvalue weighted by atomic mass is 32.2. The van der Waals surface area contributed by atoms with E-state index in [1.165, 1.54) is 25.9 Å². The summed E-state index contributed by atoms with van der Waals surface area (Å²) in [6.07, 6.45) is 3.31. The Morgan fingerprint density at radius 1 is 1.28 bits per heavy atom. The third-order valence-electron chi connectivity index (χ3n) is 3.31. The van der Waals surface area contributed by atoms with Gasteiger partial charge in [-0.2, -0.15) is 0 Å². The van der Waals surface area contributed by atoms with Crippen LogP contribution in [0, 0.1) is 0 Å². The fourth-order valence-electron chi connectivity index (χ4n) is 1.95. The summed E-state index contributed by atoms with van der Waals surface area (Å²) in [5.41, 5.74) is -0.890. The third kappa shape index (κ3) is 4.15. The number of thioether (sulfide) groups is 1. The topological polar surface area (TPSA) is 112 Å². The first-order valence-corrected chi connectivity index (χ1v) is 8.30. The SMILES string of the molecule is CSc1ncccc1C(=O)OCC(=O)Nc1cc(=O)n(C)c(=O)n1C. The normalized spacial score (nSPS) is 10.4. The number of nitrogens with zero attached hydrogens (tertiary/aromatic N) is 3. The molecule has 2 aromatic rings. The molecule has 0 aromatic carbocycles. The number of esters is 1. The third-order valence-corrected chi connectivity index (χ3v) is 4.02. The van der Waals surface area contributed by atoms with Gasteiger partial charge < -0.3 is 10.1 Å². The molecule has 2 rings (SSSR count). The van der Waals surface area contributed by atoms with Crippen molar-refractivity contribution in [1.82, 2.24) is 14.1 Å². The van der Waals surface area contributed by atoms with E-state index in [0.717, 1.165) is 15.2 Å². The fraction of sp³-hybridized carbons (Fsp3) is 0.267. The van der Waals surface area contributed by atoms with E-state index in [2.05, 4.69) is 10.3 Å². The molecule has 10 heteroatoms. The van der Waals surface area contributed by atoms with Gasteiger partial charge in [-0.05, 0) is 18.4 Å². The summed E-state index contributed by atoms with van der Waals surface area (Å²) >= 11 is 1.28. The molecule has 0 aliphatic carbocycles. The number of amides is 1. The van der Waals surface area contributed by atoms with Gasteiger partial charge in [-0.15, -0.1) is 11.8 Å². The summed E-state index contributed by atoms with van der Waals surface area (Å²) < 4.78 is 6.96. The number of ether oxygens (including phenoxy) is 1. The van der Waals surface area contributed by atoms with Crippen LogP contribution in [0.2, 0.25) is 0 Å². The summed E-state index contributed by atoms with van der Waals surface area (Å²) in [5, 5.41) is 2.85. The first-order chi connectivity index (χ1) is 11.8. The molecule has 9 nitrogen and oxygen atoms in total. The Labute approximate surface area is 146 Å². The van der Waals surface area contributed by atoms with Crippen molar-refractivity contribution in [2.45, 2.75) is 5.03 Å². The largest absolute Gasteiger partial charge is 0.452 e. The Hall–Kier alpha value is -2.88. The zero-order chi connectivity index (χ0) is 18.6. The summed E-state index contributed by atoms with van der Waals surface area (Å²) in [7, 11) is 2.74. The van der Waals surface area contributed by atoms with Gasteiger partial charge in [-0.1, -0.05) is 0 Å². The highest BCUT2D eigenvalue weighted by Crippen LogP contribution is 2.17. The predicted molar refractivity (Wildman–Crippen MR) is 91.9 cm³/mol. The van der Waals surface area contributed by atoms with Gasteiger partial charge in [0.05, 0.1) is 5.56 Å². The van der Waals surface area contributed by atoms with Crippen molar-refractivity contribution in [2.75, 3.05) is 18.2 Å². The zero-order valence-corrected chi connectivity index (χ0v) is 14.6. The van der Waals surface area contributed by atoms with Gasteiger partial charge in [0.15, 0.2) is 6.61 Å². The van der Waals surface area contributed by atoms with Crippen molar-refractivity contribution in [3.8, 4) is 0 Å². The minimum absolute atomic E-state index is 0.0142. The maximum absolute atomic E-state index is 12.0. The minimum Gasteiger partial charge on any atom is -0.452 e. The second kappa shape index (κ2) is 7.79. The van der Waals surface area contributed by atoms with Gasteiger partial charge in [0, 0.05) is 26.4 Å². The van der Waals surface area contributed by atoms with Crippen molar-refractivity contribution >= 4 is 29.5 Å². The first-order valence-electron chi connectivity index (χ1n) is 7.08. The van der Waals surface area contributed by atoms with Crippen LogP contribution < -0.4 is 16.6 Å². The molecule has 0 spiro atoms. The average Bonchev–Trinajstić information content (AvgIpc) is 2.62. The fourth-order valence-corrected chi connectivity index (χ4v) is 2.49. The molecule has 0 radical (unpaired) electrons. The van der Waals surface area contributed by atoms with E-state index in [4.69, 9.17) is 4.74 Å². The predicted octanol–water partition coefficient (Wildman–Crippen LogP) is -0.00360. The van der Waals surface area contributed by atoms with E-state index < -0.39 is 29.7 Å². The molecule has 0 aliphatic rings. The quantitative estimate of drug-likeness (QED) is 0.587. The minimum atomic E-state index is -0.689. The molecule has 25 heavy (non-hydrogen) atoms. The Morgan fingerprint density at radius 2 is 2.00 bits per heavy atom. The number of hydrogen-bond acceptors (Lipinski definition) is 7. The van der Waals surface area contributed by atoms with E-state index in [-0.39, 0.29) is 11.4 Å². The maximum Gasteiger partial charge on any atom is 0.341 e. The molecular formula is C15H16N4O5S. The summed E-state index contributed by atoms with van der Waals surface area (Å²) in [4.78, 5) is 51.4. The maximum atomic E-state index is 12.0. The molecule has 2 heterocycles. The number of hydrogen-bond donors (Lipinski definition) is 1. The molecule has 0 aliphatic heterocycles. The second-order valence-corrected chi connectivity index (χ2v) is 5.75. The molecule has 2 aromatic heterocycles. The zero-order valence-electron chi connectivity index (χ0n) is 13.8. The average molecular weight is 364 g/mol. The molecule has 1 amide bonds. The number of pyridine rings is 1. The van der Waals surface area contributed by atoms with Gasteiger partial charge in [-0.3, -0.25) is 18.7 Å². The van der Waals surface area contributed by atoms with Crippen LogP contribution in [0.4, 0.5) is 5.82 Å². The number of anilines is 1. The van der Waals surface area contributed by atoms with Crippen LogP contribution in [0.1, 0.15) is 10.4 Å². The van der Waals surface area contributed by atoms with Gasteiger partial charge in [0.1, 0.15) is 10.8 Å². The van der Waals surface area contributed by atoms with E-state index in [1.54, 1.807) is 24.6 Å². The Balaban J connectivity index is 2.06. The van der Waals surface area contributed by atoms with E-state index in [9.17, 15) is 19.2 Å². The molecule has 0 fully saturated rings. The van der Waals surface area contributed by atoms with Crippen LogP contribution in [-0.4, -0.2) is 38.9 Å². The van der Waals surface area contributed by atoms with E-state index in [0.29, 0.717) is 5.03 Å². The number of carbonyl (C=O) groups is 2. The highest BCUT2D eigenvalue weighted by molar-refractivity contribution is 7.98. The van der Waals surface area contributed by atoms with Crippen LogP contribution in [0.15, 0.2) is 39.0 Å². The van der Waals surface area contributed by atoms with Crippen LogP contribution in [0.25, 0.3) is 0 Å². The first kappa shape index (κ1) is 18.5. The molecular weight excluding hydrogens is 348 g/mol. The highest BCUT2D eigenvalue weighted by Gasteiger charge is 2.16. The molecule has 0 unspecified atom stereocenters. The van der Waals surface area contributed by atoms with Crippen LogP contribution in [0.3, 0.4) is 0 Å². The van der Waals surface area contributed by atoms with E-state index in [1.807, 2.05) is 0 Å². The van der Waals surface area contributed by atoms with Crippen molar-refractivity contribution in [3.05, 3.63) is 50.8 Å². The van der Waals surface area contributed by atoms with Crippen LogP contribution >= 0.6 is 11.8 Å². The number of rotatable bonds is 5. The van der Waals surface area contributed by atoms with Crippen molar-refractivity contribution < 1.29 is 14.3 Å². The molecule has 132 valence electrons. The summed E-state index contributed by atoms with van der Waals surface area (Å²) in [6, 6.07) is 4.24. The molecule has 0 atom stereocenters. The van der Waals surface area contributed by atoms with Gasteiger partial charge in [0.2, 0.25) is 0 Å². The number of aromatic nitrogens is 3. The lowest BCUT2D eigenvalue weighted by Crippen LogP contribution is -2.38. The monoisotopic (exact) mass is 364 g/mol. The van der Waals surface area contributed by atoms with Crippen molar-refractivity contribution in [2.24, 2.45) is 14.1 Å². The lowest BCUT2D eigenvalue weighted by Gasteiger charge is -2.11. The lowest BCUT2D eigenvalue weighted by molar-refractivity contribution is -0.119. The van der Waals surface area contributed by atoms with Crippen LogP contribution in [0.5, 0.6) is 0 Å². The van der Waals surface area contributed by atoms with E-state index >= 15 is 0 Å². The van der Waals surface area contributed by atoms with Crippen molar-refractivity contribution in [3.63, 3.8) is 0 Å². The van der Waals surface area contributed by atoms with Gasteiger partial charge in [-0.25, -0.2) is 14.6 Å². The van der Waals surface area contributed by atoms with Gasteiger partial charge >= 0.3 is 11.7 Å². The second-order valence-electron chi connectivity index (χ2n) is 4.95. The standard InChI is InChI=1S/C15H16N4O5S/c1-18-10(7-12(21)19(2)15(18)23)17-11(20)8-24-14(22)9-5-4-6-16-13(9)25-3/h4-7H,8H2,1-3H3,(H,17,20). The lowest BCUT2D eigenvalue weighted by atomic mass is 10.3. The molecule has 0 saturated heterocycles. The number of nitrogens with one attached hydrogen (secondary N) is 1. The summed E-state index contributed by atoms with van der Waals surface area (Å²) in [5.74, 6) is -1.35. The van der Waals surface area contributed by atoms with Crippen molar-refractivity contribution in [1.29, 1.82) is 0 Å². The Kier molecular flexibility index (Phi) is 5.75. The molecule has 0 bridgehead atoms. The Bertz CT molecular complexity index is 934.